The van der Waals surface area contributed by atoms with Crippen LogP contribution in [0.2, 0.25) is 0 Å². The molecular weight excluding hydrogens is 298 g/mol. The topological polar surface area (TPSA) is 29.5 Å². The van der Waals surface area contributed by atoms with Gasteiger partial charge in [0.2, 0.25) is 0 Å². The van der Waals surface area contributed by atoms with Crippen molar-refractivity contribution < 1.29 is 9.53 Å². The van der Waals surface area contributed by atoms with Gasteiger partial charge >= 0.3 is 6.09 Å². The van der Waals surface area contributed by atoms with E-state index in [1.807, 2.05) is 36.4 Å². The molecule has 0 unspecified atom stereocenters. The van der Waals surface area contributed by atoms with Gasteiger partial charge in [-0.3, -0.25) is 4.90 Å². The van der Waals surface area contributed by atoms with Gasteiger partial charge in [0.15, 0.2) is 0 Å². The fourth-order valence-electron chi connectivity index (χ4n) is 2.78. The summed E-state index contributed by atoms with van der Waals surface area (Å²) in [5, 5.41) is 0. The van der Waals surface area contributed by atoms with E-state index in [9.17, 15) is 4.79 Å². The number of nitrogens with zero attached hydrogens (tertiary/aromatic N) is 1. The SMILES string of the molecule is CC(C)(C)c1ccc(/C=C(/c2ccccc2)N2CCOC2=O)cc1. The molecule has 3 heteroatoms. The molecule has 124 valence electrons. The molecule has 2 aromatic rings. The van der Waals surface area contributed by atoms with Crippen LogP contribution in [-0.4, -0.2) is 24.1 Å². The van der Waals surface area contributed by atoms with E-state index in [-0.39, 0.29) is 11.5 Å². The van der Waals surface area contributed by atoms with Crippen molar-refractivity contribution >= 4 is 17.9 Å². The van der Waals surface area contributed by atoms with E-state index in [4.69, 9.17) is 4.74 Å². The van der Waals surface area contributed by atoms with Crippen molar-refractivity contribution in [3.05, 3.63) is 71.3 Å². The fourth-order valence-corrected chi connectivity index (χ4v) is 2.78. The Bertz CT molecular complexity index is 740. The maximum Gasteiger partial charge on any atom is 0.414 e. The molecule has 1 fully saturated rings. The van der Waals surface area contributed by atoms with Crippen LogP contribution < -0.4 is 0 Å². The highest BCUT2D eigenvalue weighted by Crippen LogP contribution is 2.27. The Morgan fingerprint density at radius 2 is 1.71 bits per heavy atom. The number of hydrogen-bond acceptors (Lipinski definition) is 2. The van der Waals surface area contributed by atoms with Crippen molar-refractivity contribution in [2.24, 2.45) is 0 Å². The summed E-state index contributed by atoms with van der Waals surface area (Å²) in [5.74, 6) is 0. The van der Waals surface area contributed by atoms with Crippen LogP contribution in [0.3, 0.4) is 0 Å². The summed E-state index contributed by atoms with van der Waals surface area (Å²) in [7, 11) is 0. The highest BCUT2D eigenvalue weighted by atomic mass is 16.6. The van der Waals surface area contributed by atoms with Gasteiger partial charge in [-0.1, -0.05) is 75.4 Å². The average Bonchev–Trinajstić information content (AvgIpc) is 2.99. The van der Waals surface area contributed by atoms with E-state index in [1.54, 1.807) is 4.90 Å². The van der Waals surface area contributed by atoms with E-state index in [2.05, 4.69) is 45.0 Å². The van der Waals surface area contributed by atoms with Crippen LogP contribution in [-0.2, 0) is 10.2 Å². The van der Waals surface area contributed by atoms with E-state index >= 15 is 0 Å². The van der Waals surface area contributed by atoms with Gasteiger partial charge in [0, 0.05) is 0 Å². The molecule has 1 saturated heterocycles. The summed E-state index contributed by atoms with van der Waals surface area (Å²) < 4.78 is 5.12. The van der Waals surface area contributed by atoms with Crippen LogP contribution in [0.15, 0.2) is 54.6 Å². The second-order valence-electron chi connectivity index (χ2n) is 7.03. The molecule has 1 heterocycles. The molecule has 3 rings (SSSR count). The Balaban J connectivity index is 1.99. The Morgan fingerprint density at radius 1 is 1.04 bits per heavy atom. The third-order valence-corrected chi connectivity index (χ3v) is 4.20. The molecule has 0 N–H and O–H groups in total. The third-order valence-electron chi connectivity index (χ3n) is 4.20. The van der Waals surface area contributed by atoms with Crippen LogP contribution in [0, 0.1) is 0 Å². The summed E-state index contributed by atoms with van der Waals surface area (Å²) >= 11 is 0. The van der Waals surface area contributed by atoms with E-state index in [0.717, 1.165) is 16.8 Å². The van der Waals surface area contributed by atoms with Crippen molar-refractivity contribution in [3.63, 3.8) is 0 Å². The van der Waals surface area contributed by atoms with Gasteiger partial charge in [-0.25, -0.2) is 4.79 Å². The standard InChI is InChI=1S/C21H23NO2/c1-21(2,3)18-11-9-16(10-12-18)15-19(17-7-5-4-6-8-17)22-13-14-24-20(22)23/h4-12,15H,13-14H2,1-3H3/b19-15-. The van der Waals surface area contributed by atoms with Gasteiger partial charge in [0.05, 0.1) is 12.2 Å². The van der Waals surface area contributed by atoms with E-state index in [0.29, 0.717) is 13.2 Å². The van der Waals surface area contributed by atoms with E-state index in [1.165, 1.54) is 5.56 Å². The molecule has 24 heavy (non-hydrogen) atoms. The monoisotopic (exact) mass is 321 g/mol. The zero-order valence-corrected chi connectivity index (χ0v) is 14.5. The largest absolute Gasteiger partial charge is 0.447 e. The van der Waals surface area contributed by atoms with Gasteiger partial charge in [0.25, 0.3) is 0 Å². The summed E-state index contributed by atoms with van der Waals surface area (Å²) in [6.45, 7) is 7.63. The van der Waals surface area contributed by atoms with Crippen molar-refractivity contribution in [3.8, 4) is 0 Å². The summed E-state index contributed by atoms with van der Waals surface area (Å²) in [5.41, 5.74) is 4.38. The predicted molar refractivity (Wildman–Crippen MR) is 97.5 cm³/mol. The quantitative estimate of drug-likeness (QED) is 0.750. The lowest BCUT2D eigenvalue weighted by molar-refractivity contribution is 0.167. The lowest BCUT2D eigenvalue weighted by atomic mass is 9.86. The predicted octanol–water partition coefficient (Wildman–Crippen LogP) is 4.93. The number of amides is 1. The number of benzene rings is 2. The molecule has 3 nitrogen and oxygen atoms in total. The minimum Gasteiger partial charge on any atom is -0.447 e. The molecule has 0 atom stereocenters. The van der Waals surface area contributed by atoms with Crippen LogP contribution in [0.4, 0.5) is 4.79 Å². The molecule has 1 aliphatic heterocycles. The highest BCUT2D eigenvalue weighted by molar-refractivity contribution is 5.90. The highest BCUT2D eigenvalue weighted by Gasteiger charge is 2.26. The number of hydrogen-bond donors (Lipinski definition) is 0. The Kier molecular flexibility index (Phi) is 4.43. The lowest BCUT2D eigenvalue weighted by Crippen LogP contribution is -2.22. The maximum absolute atomic E-state index is 12.0. The zero-order valence-electron chi connectivity index (χ0n) is 14.5. The van der Waals surface area contributed by atoms with Gasteiger partial charge in [-0.15, -0.1) is 0 Å². The molecule has 0 bridgehead atoms. The lowest BCUT2D eigenvalue weighted by Gasteiger charge is -2.20. The molecule has 0 aliphatic carbocycles. The number of carbonyl (C=O) groups is 1. The maximum atomic E-state index is 12.0. The van der Waals surface area contributed by atoms with Crippen molar-refractivity contribution in [1.29, 1.82) is 0 Å². The van der Waals surface area contributed by atoms with Crippen molar-refractivity contribution in [2.45, 2.75) is 26.2 Å². The number of ether oxygens (including phenoxy) is 1. The first-order valence-corrected chi connectivity index (χ1v) is 8.27. The van der Waals surface area contributed by atoms with Crippen LogP contribution >= 0.6 is 0 Å². The van der Waals surface area contributed by atoms with Gasteiger partial charge in [-0.2, -0.15) is 0 Å². The summed E-state index contributed by atoms with van der Waals surface area (Å²) in [4.78, 5) is 13.7. The zero-order chi connectivity index (χ0) is 17.2. The molecule has 1 amide bonds. The number of carbonyl (C=O) groups excluding carboxylic acids is 1. The molecule has 0 radical (unpaired) electrons. The molecule has 2 aromatic carbocycles. The number of rotatable bonds is 3. The molecule has 1 aliphatic rings. The smallest absolute Gasteiger partial charge is 0.414 e. The first kappa shape index (κ1) is 16.3. The normalized spacial score (nSPS) is 15.5. The molecule has 0 spiro atoms. The minimum atomic E-state index is -0.281. The molecule has 0 aromatic heterocycles. The molecule has 0 saturated carbocycles. The first-order chi connectivity index (χ1) is 11.4. The second kappa shape index (κ2) is 6.52. The van der Waals surface area contributed by atoms with Crippen molar-refractivity contribution in [1.82, 2.24) is 4.90 Å². The van der Waals surface area contributed by atoms with Gasteiger partial charge in [-0.05, 0) is 28.2 Å². The Morgan fingerprint density at radius 3 is 2.25 bits per heavy atom. The number of cyclic esters (lactones) is 1. The Labute approximate surface area is 143 Å². The summed E-state index contributed by atoms with van der Waals surface area (Å²) in [6, 6.07) is 18.5. The minimum absolute atomic E-state index is 0.128. The fraction of sp³-hybridized carbons (Fsp3) is 0.286. The second-order valence-corrected chi connectivity index (χ2v) is 7.03. The third kappa shape index (κ3) is 3.51. The average molecular weight is 321 g/mol. The molecular formula is C21H23NO2. The van der Waals surface area contributed by atoms with Crippen molar-refractivity contribution in [2.75, 3.05) is 13.2 Å². The van der Waals surface area contributed by atoms with Crippen LogP contribution in [0.5, 0.6) is 0 Å². The van der Waals surface area contributed by atoms with Crippen LogP contribution in [0.25, 0.3) is 11.8 Å². The summed E-state index contributed by atoms with van der Waals surface area (Å²) in [6.07, 6.45) is 1.77. The van der Waals surface area contributed by atoms with Crippen LogP contribution in [0.1, 0.15) is 37.5 Å². The van der Waals surface area contributed by atoms with Gasteiger partial charge in [0.1, 0.15) is 6.61 Å². The van der Waals surface area contributed by atoms with Gasteiger partial charge < -0.3 is 4.74 Å². The van der Waals surface area contributed by atoms with E-state index < -0.39 is 0 Å². The Hall–Kier alpha value is -2.55. The first-order valence-electron chi connectivity index (χ1n) is 8.27.